The summed E-state index contributed by atoms with van der Waals surface area (Å²) in [5.74, 6) is -0.0434. The number of hydrogen-bond acceptors (Lipinski definition) is 0. The molecule has 60 valence electrons. The van der Waals surface area contributed by atoms with Gasteiger partial charge in [0.15, 0.2) is 0 Å². The lowest BCUT2D eigenvalue weighted by Crippen LogP contribution is -1.92. The highest BCUT2D eigenvalue weighted by molar-refractivity contribution is 5.30. The fourth-order valence-corrected chi connectivity index (χ4v) is 1.30. The molecule has 11 heavy (non-hydrogen) atoms. The molecular weight excluding hydrogens is 139 g/mol. The van der Waals surface area contributed by atoms with Crippen LogP contribution in [-0.4, -0.2) is 0 Å². The predicted molar refractivity (Wildman–Crippen MR) is 45.3 cm³/mol. The molecule has 0 aliphatic rings. The summed E-state index contributed by atoms with van der Waals surface area (Å²) in [4.78, 5) is 0. The smallest absolute Gasteiger partial charge is 0.129 e. The third-order valence-corrected chi connectivity index (χ3v) is 1.86. The average Bonchev–Trinajstić information content (AvgIpc) is 1.96. The summed E-state index contributed by atoms with van der Waals surface area (Å²) in [6, 6.07) is 3.77. The van der Waals surface area contributed by atoms with E-state index >= 15 is 0 Å². The van der Waals surface area contributed by atoms with Gasteiger partial charge in [0.05, 0.1) is 0 Å². The number of benzene rings is 1. The maximum atomic E-state index is 13.2. The Morgan fingerprint density at radius 2 is 1.91 bits per heavy atom. The van der Waals surface area contributed by atoms with E-state index in [2.05, 4.69) is 0 Å². The van der Waals surface area contributed by atoms with Gasteiger partial charge in [-0.3, -0.25) is 0 Å². The van der Waals surface area contributed by atoms with Crippen molar-refractivity contribution in [1.29, 1.82) is 0 Å². The number of rotatable bonds is 1. The molecule has 0 radical (unpaired) electrons. The van der Waals surface area contributed by atoms with Gasteiger partial charge in [-0.1, -0.05) is 24.6 Å². The van der Waals surface area contributed by atoms with Gasteiger partial charge in [-0.15, -0.1) is 0 Å². The van der Waals surface area contributed by atoms with Crippen LogP contribution in [0, 0.1) is 19.7 Å². The number of halogens is 1. The van der Waals surface area contributed by atoms with E-state index in [1.54, 1.807) is 0 Å². The van der Waals surface area contributed by atoms with Crippen molar-refractivity contribution < 1.29 is 4.39 Å². The van der Waals surface area contributed by atoms with Gasteiger partial charge >= 0.3 is 0 Å². The van der Waals surface area contributed by atoms with Crippen molar-refractivity contribution in [3.05, 3.63) is 34.6 Å². The Morgan fingerprint density at radius 1 is 1.27 bits per heavy atom. The van der Waals surface area contributed by atoms with E-state index in [1.165, 1.54) is 0 Å². The maximum absolute atomic E-state index is 13.2. The highest BCUT2D eigenvalue weighted by atomic mass is 19.1. The van der Waals surface area contributed by atoms with E-state index in [-0.39, 0.29) is 5.82 Å². The first-order valence-electron chi connectivity index (χ1n) is 3.90. The van der Waals surface area contributed by atoms with Crippen molar-refractivity contribution in [2.75, 3.05) is 0 Å². The fraction of sp³-hybridized carbons (Fsp3) is 0.400. The van der Waals surface area contributed by atoms with E-state index < -0.39 is 0 Å². The molecule has 0 aliphatic heterocycles. The van der Waals surface area contributed by atoms with Crippen LogP contribution in [0.5, 0.6) is 0 Å². The van der Waals surface area contributed by atoms with Crippen LogP contribution in [0.4, 0.5) is 4.39 Å². The normalized spacial score (nSPS) is 10.2. The Balaban J connectivity index is 3.24. The third-order valence-electron chi connectivity index (χ3n) is 1.86. The summed E-state index contributed by atoms with van der Waals surface area (Å²) in [5, 5.41) is 0. The molecule has 0 aromatic heterocycles. The van der Waals surface area contributed by atoms with Gasteiger partial charge < -0.3 is 0 Å². The molecule has 0 unspecified atom stereocenters. The molecular formula is C10H13F. The van der Waals surface area contributed by atoms with Crippen molar-refractivity contribution in [3.8, 4) is 0 Å². The Morgan fingerprint density at radius 3 is 2.45 bits per heavy atom. The molecule has 1 aromatic carbocycles. The van der Waals surface area contributed by atoms with Crippen LogP contribution in [0.3, 0.4) is 0 Å². The van der Waals surface area contributed by atoms with Crippen LogP contribution in [0.2, 0.25) is 0 Å². The van der Waals surface area contributed by atoms with Crippen LogP contribution in [0.15, 0.2) is 12.1 Å². The minimum atomic E-state index is -0.0434. The van der Waals surface area contributed by atoms with Gasteiger partial charge in [-0.2, -0.15) is 0 Å². The van der Waals surface area contributed by atoms with Crippen LogP contribution >= 0.6 is 0 Å². The molecule has 0 saturated carbocycles. The van der Waals surface area contributed by atoms with Gasteiger partial charge in [0.1, 0.15) is 5.82 Å². The van der Waals surface area contributed by atoms with E-state index in [0.717, 1.165) is 23.1 Å². The molecule has 0 atom stereocenters. The quantitative estimate of drug-likeness (QED) is 0.580. The zero-order valence-electron chi connectivity index (χ0n) is 7.24. The van der Waals surface area contributed by atoms with E-state index in [0.29, 0.717) is 0 Å². The van der Waals surface area contributed by atoms with Gasteiger partial charge in [-0.25, -0.2) is 4.39 Å². The molecule has 0 N–H and O–H groups in total. The van der Waals surface area contributed by atoms with Gasteiger partial charge in [-0.05, 0) is 31.4 Å². The second kappa shape index (κ2) is 3.04. The highest BCUT2D eigenvalue weighted by Gasteiger charge is 2.03. The predicted octanol–water partition coefficient (Wildman–Crippen LogP) is 3.00. The topological polar surface area (TPSA) is 0 Å². The first-order valence-corrected chi connectivity index (χ1v) is 3.90. The lowest BCUT2D eigenvalue weighted by molar-refractivity contribution is 0.602. The summed E-state index contributed by atoms with van der Waals surface area (Å²) in [6.45, 7) is 5.77. The van der Waals surface area contributed by atoms with Crippen molar-refractivity contribution in [2.45, 2.75) is 27.2 Å². The molecule has 0 nitrogen and oxygen atoms in total. The molecule has 0 bridgehead atoms. The van der Waals surface area contributed by atoms with Gasteiger partial charge in [0.2, 0.25) is 0 Å². The van der Waals surface area contributed by atoms with E-state index in [9.17, 15) is 4.39 Å². The molecule has 0 fully saturated rings. The lowest BCUT2D eigenvalue weighted by Gasteiger charge is -2.04. The molecule has 0 amide bonds. The summed E-state index contributed by atoms with van der Waals surface area (Å²) in [5.41, 5.74) is 2.71. The highest BCUT2D eigenvalue weighted by Crippen LogP contribution is 2.15. The third kappa shape index (κ3) is 1.59. The zero-order chi connectivity index (χ0) is 8.43. The summed E-state index contributed by atoms with van der Waals surface area (Å²) in [6.07, 6.45) is 0.772. The lowest BCUT2D eigenvalue weighted by atomic mass is 10.0. The Kier molecular flexibility index (Phi) is 2.28. The monoisotopic (exact) mass is 152 g/mol. The summed E-state index contributed by atoms with van der Waals surface area (Å²) >= 11 is 0. The van der Waals surface area contributed by atoms with Crippen LogP contribution in [-0.2, 0) is 6.42 Å². The van der Waals surface area contributed by atoms with Crippen molar-refractivity contribution >= 4 is 0 Å². The molecule has 0 saturated heterocycles. The van der Waals surface area contributed by atoms with E-state index in [4.69, 9.17) is 0 Å². The van der Waals surface area contributed by atoms with Crippen LogP contribution < -0.4 is 0 Å². The van der Waals surface area contributed by atoms with Gasteiger partial charge in [0.25, 0.3) is 0 Å². The first-order chi connectivity index (χ1) is 5.15. The SMILES string of the molecule is CCc1cc(C)cc(C)c1F. The largest absolute Gasteiger partial charge is 0.206 e. The summed E-state index contributed by atoms with van der Waals surface area (Å²) in [7, 11) is 0. The van der Waals surface area contributed by atoms with E-state index in [1.807, 2.05) is 32.9 Å². The Bertz CT molecular complexity index is 264. The minimum absolute atomic E-state index is 0.0434. The molecule has 1 heteroatoms. The van der Waals surface area contributed by atoms with Crippen LogP contribution in [0.25, 0.3) is 0 Å². The molecule has 0 aliphatic carbocycles. The fourth-order valence-electron chi connectivity index (χ4n) is 1.30. The number of hydrogen-bond donors (Lipinski definition) is 0. The second-order valence-corrected chi connectivity index (χ2v) is 2.91. The second-order valence-electron chi connectivity index (χ2n) is 2.91. The molecule has 1 aromatic rings. The Hall–Kier alpha value is -0.850. The molecule has 0 spiro atoms. The zero-order valence-corrected chi connectivity index (χ0v) is 7.24. The average molecular weight is 152 g/mol. The molecule has 0 heterocycles. The van der Waals surface area contributed by atoms with Crippen molar-refractivity contribution in [1.82, 2.24) is 0 Å². The van der Waals surface area contributed by atoms with Crippen molar-refractivity contribution in [3.63, 3.8) is 0 Å². The molecule has 1 rings (SSSR count). The standard InChI is InChI=1S/C10H13F/c1-4-9-6-7(2)5-8(3)10(9)11/h5-6H,4H2,1-3H3. The summed E-state index contributed by atoms with van der Waals surface area (Å²) < 4.78 is 13.2. The van der Waals surface area contributed by atoms with Crippen molar-refractivity contribution in [2.24, 2.45) is 0 Å². The minimum Gasteiger partial charge on any atom is -0.206 e. The Labute approximate surface area is 67.1 Å². The van der Waals surface area contributed by atoms with Crippen LogP contribution in [0.1, 0.15) is 23.6 Å². The maximum Gasteiger partial charge on any atom is 0.129 e. The first kappa shape index (κ1) is 8.25. The van der Waals surface area contributed by atoms with Gasteiger partial charge in [0, 0.05) is 0 Å². The number of aryl methyl sites for hydroxylation is 3.